The summed E-state index contributed by atoms with van der Waals surface area (Å²) in [5.74, 6) is -0.726. The summed E-state index contributed by atoms with van der Waals surface area (Å²) in [6, 6.07) is -0.552. The summed E-state index contributed by atoms with van der Waals surface area (Å²) < 4.78 is 0. The first-order valence-corrected chi connectivity index (χ1v) is 12.6. The van der Waals surface area contributed by atoms with Crippen LogP contribution in [-0.4, -0.2) is 35.2 Å². The molecule has 0 aromatic carbocycles. The van der Waals surface area contributed by atoms with Gasteiger partial charge in [0.25, 0.3) is 0 Å². The van der Waals surface area contributed by atoms with Gasteiger partial charge in [-0.15, -0.1) is 0 Å². The van der Waals surface area contributed by atoms with Crippen molar-refractivity contribution in [1.29, 1.82) is 0 Å². The fourth-order valence-corrected chi connectivity index (χ4v) is 3.53. The number of likely N-dealkylation sites (tertiary alicyclic amines) is 1. The smallest absolute Gasteiger partial charge is 0.249 e. The molecule has 3 amide bonds. The van der Waals surface area contributed by atoms with E-state index in [9.17, 15) is 14.4 Å². The van der Waals surface area contributed by atoms with E-state index in [1.807, 2.05) is 13.0 Å². The molecule has 1 heterocycles. The second kappa shape index (κ2) is 19.5. The van der Waals surface area contributed by atoms with Gasteiger partial charge in [-0.05, 0) is 51.4 Å². The second-order valence-corrected chi connectivity index (χ2v) is 8.15. The van der Waals surface area contributed by atoms with E-state index >= 15 is 0 Å². The van der Waals surface area contributed by atoms with Crippen molar-refractivity contribution in [2.75, 3.05) is 6.54 Å². The molecule has 0 aromatic heterocycles. The van der Waals surface area contributed by atoms with Crippen molar-refractivity contribution in [3.63, 3.8) is 0 Å². The van der Waals surface area contributed by atoms with Crippen LogP contribution in [0.3, 0.4) is 0 Å². The number of rotatable bonds is 16. The lowest BCUT2D eigenvalue weighted by molar-refractivity contribution is -0.140. The number of imide groups is 1. The van der Waals surface area contributed by atoms with E-state index < -0.39 is 6.04 Å². The van der Waals surface area contributed by atoms with Gasteiger partial charge >= 0.3 is 0 Å². The van der Waals surface area contributed by atoms with E-state index in [4.69, 9.17) is 0 Å². The summed E-state index contributed by atoms with van der Waals surface area (Å²) in [7, 11) is 0. The van der Waals surface area contributed by atoms with Gasteiger partial charge < -0.3 is 4.90 Å². The van der Waals surface area contributed by atoms with E-state index in [0.29, 0.717) is 19.4 Å². The lowest BCUT2D eigenvalue weighted by Crippen LogP contribution is -2.48. The molecule has 34 heavy (non-hydrogen) atoms. The van der Waals surface area contributed by atoms with Crippen molar-refractivity contribution in [2.45, 2.75) is 84.1 Å². The number of nitrogens with one attached hydrogen (secondary N) is 1. The van der Waals surface area contributed by atoms with Gasteiger partial charge in [-0.1, -0.05) is 86.8 Å². The normalized spacial score (nSPS) is 15.9. The SMILES string of the molecule is CC/C=C\C/C=C\C/C=C\C/C=C\C/C=C\C/C=C\CC(=O)NC(=O)C(CC)N1CCCC1=O. The van der Waals surface area contributed by atoms with Crippen molar-refractivity contribution in [3.05, 3.63) is 72.9 Å². The molecule has 1 aliphatic rings. The van der Waals surface area contributed by atoms with Crippen molar-refractivity contribution in [1.82, 2.24) is 10.2 Å². The predicted octanol–water partition coefficient (Wildman–Crippen LogP) is 6.12. The third-order valence-corrected chi connectivity index (χ3v) is 5.34. The van der Waals surface area contributed by atoms with E-state index in [2.05, 4.69) is 73.0 Å². The van der Waals surface area contributed by atoms with Crippen LogP contribution >= 0.6 is 0 Å². The van der Waals surface area contributed by atoms with Gasteiger partial charge in [0.1, 0.15) is 6.04 Å². The Kier molecular flexibility index (Phi) is 16.7. The van der Waals surface area contributed by atoms with Crippen LogP contribution in [0, 0.1) is 0 Å². The van der Waals surface area contributed by atoms with Crippen molar-refractivity contribution in [3.8, 4) is 0 Å². The van der Waals surface area contributed by atoms with Crippen molar-refractivity contribution in [2.24, 2.45) is 0 Å². The minimum absolute atomic E-state index is 0.00796. The molecular formula is C29H42N2O3. The number of hydrogen-bond acceptors (Lipinski definition) is 3. The second-order valence-electron chi connectivity index (χ2n) is 8.15. The number of carbonyl (C=O) groups excluding carboxylic acids is 3. The first-order valence-electron chi connectivity index (χ1n) is 12.6. The van der Waals surface area contributed by atoms with Gasteiger partial charge in [0.15, 0.2) is 0 Å². The van der Waals surface area contributed by atoms with Crippen LogP contribution in [0.1, 0.15) is 78.1 Å². The van der Waals surface area contributed by atoms with Crippen LogP contribution < -0.4 is 5.32 Å². The maximum Gasteiger partial charge on any atom is 0.249 e. The van der Waals surface area contributed by atoms with Crippen LogP contribution in [0.2, 0.25) is 0 Å². The summed E-state index contributed by atoms with van der Waals surface area (Å²) in [6.07, 6.45) is 32.8. The molecule has 0 bridgehead atoms. The highest BCUT2D eigenvalue weighted by atomic mass is 16.2. The minimum Gasteiger partial charge on any atom is -0.331 e. The Morgan fingerprint density at radius 3 is 1.68 bits per heavy atom. The third-order valence-electron chi connectivity index (χ3n) is 5.34. The van der Waals surface area contributed by atoms with Crippen molar-refractivity contribution < 1.29 is 14.4 Å². The van der Waals surface area contributed by atoms with Gasteiger partial charge in [-0.3, -0.25) is 19.7 Å². The fraction of sp³-hybridized carbons (Fsp3) is 0.483. The first-order chi connectivity index (χ1) is 16.6. The molecule has 1 aliphatic heterocycles. The van der Waals surface area contributed by atoms with Crippen molar-refractivity contribution >= 4 is 17.7 Å². The molecule has 0 radical (unpaired) electrons. The Hall–Kier alpha value is -2.95. The number of hydrogen-bond donors (Lipinski definition) is 1. The Balaban J connectivity index is 2.12. The number of amides is 3. The third kappa shape index (κ3) is 13.6. The largest absolute Gasteiger partial charge is 0.331 e. The summed E-state index contributed by atoms with van der Waals surface area (Å²) in [5, 5.41) is 2.42. The van der Waals surface area contributed by atoms with Crippen LogP contribution in [-0.2, 0) is 14.4 Å². The summed E-state index contributed by atoms with van der Waals surface area (Å²) >= 11 is 0. The monoisotopic (exact) mass is 466 g/mol. The van der Waals surface area contributed by atoms with Gasteiger partial charge in [0.2, 0.25) is 17.7 Å². The van der Waals surface area contributed by atoms with E-state index in [0.717, 1.165) is 44.9 Å². The van der Waals surface area contributed by atoms with Gasteiger partial charge in [0, 0.05) is 19.4 Å². The molecule has 5 heteroatoms. The van der Waals surface area contributed by atoms with E-state index in [-0.39, 0.29) is 24.1 Å². The molecule has 1 N–H and O–H groups in total. The molecule has 0 saturated carbocycles. The Labute approximate surface area is 206 Å². The molecule has 1 atom stereocenters. The molecule has 5 nitrogen and oxygen atoms in total. The average Bonchev–Trinajstić information content (AvgIpc) is 3.24. The van der Waals surface area contributed by atoms with Crippen LogP contribution in [0.4, 0.5) is 0 Å². The maximum absolute atomic E-state index is 12.3. The van der Waals surface area contributed by atoms with Crippen LogP contribution in [0.25, 0.3) is 0 Å². The molecular weight excluding hydrogens is 424 g/mol. The Morgan fingerprint density at radius 1 is 0.794 bits per heavy atom. The summed E-state index contributed by atoms with van der Waals surface area (Å²) in [4.78, 5) is 37.8. The number of nitrogens with zero attached hydrogens (tertiary/aromatic N) is 1. The summed E-state index contributed by atoms with van der Waals surface area (Å²) in [6.45, 7) is 4.58. The standard InChI is InChI=1S/C29H42N2O3/c1-3-5-6-7-8-9-10-11-12-13-14-15-16-17-18-19-20-21-23-27(32)30-29(34)26(4-2)31-25-22-24-28(31)33/h5-6,8-9,11-12,14-15,17-18,20-21,26H,3-4,7,10,13,16,19,22-25H2,1-2H3,(H,30,32,34)/b6-5-,9-8-,12-11-,15-14-,18-17-,21-20-. The molecule has 1 unspecified atom stereocenters. The lowest BCUT2D eigenvalue weighted by Gasteiger charge is -2.25. The molecule has 0 spiro atoms. The molecule has 0 aliphatic carbocycles. The molecule has 1 rings (SSSR count). The van der Waals surface area contributed by atoms with E-state index in [1.54, 1.807) is 11.0 Å². The van der Waals surface area contributed by atoms with E-state index in [1.165, 1.54) is 0 Å². The molecule has 186 valence electrons. The average molecular weight is 467 g/mol. The Bertz CT molecular complexity index is 787. The Morgan fingerprint density at radius 2 is 1.26 bits per heavy atom. The zero-order chi connectivity index (χ0) is 24.9. The van der Waals surface area contributed by atoms with Crippen LogP contribution in [0.5, 0.6) is 0 Å². The highest BCUT2D eigenvalue weighted by molar-refractivity contribution is 5.99. The zero-order valence-electron chi connectivity index (χ0n) is 21.0. The topological polar surface area (TPSA) is 66.5 Å². The number of carbonyl (C=O) groups is 3. The maximum atomic E-state index is 12.3. The number of allylic oxidation sites excluding steroid dienone is 11. The van der Waals surface area contributed by atoms with Gasteiger partial charge in [0.05, 0.1) is 0 Å². The molecule has 1 fully saturated rings. The summed E-state index contributed by atoms with van der Waals surface area (Å²) in [5.41, 5.74) is 0. The first kappa shape index (κ1) is 29.1. The fourth-order valence-electron chi connectivity index (χ4n) is 3.53. The van der Waals surface area contributed by atoms with Gasteiger partial charge in [-0.2, -0.15) is 0 Å². The molecule has 1 saturated heterocycles. The van der Waals surface area contributed by atoms with Gasteiger partial charge in [-0.25, -0.2) is 0 Å². The molecule has 0 aromatic rings. The minimum atomic E-state index is -0.552. The zero-order valence-corrected chi connectivity index (χ0v) is 21.0. The predicted molar refractivity (Wildman–Crippen MR) is 141 cm³/mol. The quantitative estimate of drug-likeness (QED) is 0.279. The highest BCUT2D eigenvalue weighted by Gasteiger charge is 2.31. The van der Waals surface area contributed by atoms with Crippen LogP contribution in [0.15, 0.2) is 72.9 Å². The lowest BCUT2D eigenvalue weighted by atomic mass is 10.1. The highest BCUT2D eigenvalue weighted by Crippen LogP contribution is 2.15.